The summed E-state index contributed by atoms with van der Waals surface area (Å²) in [5, 5.41) is 0. The third-order valence-electron chi connectivity index (χ3n) is 3.00. The summed E-state index contributed by atoms with van der Waals surface area (Å²) < 4.78 is 0. The van der Waals surface area contributed by atoms with Crippen LogP contribution in [0, 0.1) is 0 Å². The highest BCUT2D eigenvalue weighted by Crippen LogP contribution is 2.16. The molecule has 0 aromatic heterocycles. The predicted molar refractivity (Wildman–Crippen MR) is 65.3 cm³/mol. The van der Waals surface area contributed by atoms with Crippen molar-refractivity contribution in [3.05, 3.63) is 48.0 Å². The molecule has 0 saturated carbocycles. The molecule has 1 aromatic rings. The van der Waals surface area contributed by atoms with Gasteiger partial charge in [0, 0.05) is 12.1 Å². The Hall–Kier alpha value is -1.57. The summed E-state index contributed by atoms with van der Waals surface area (Å²) in [6, 6.07) is 9.79. The number of carbonyl (C=O) groups is 1. The second-order valence-electron chi connectivity index (χ2n) is 4.06. The molecule has 0 N–H and O–H groups in total. The summed E-state index contributed by atoms with van der Waals surface area (Å²) in [7, 11) is 0. The molecule has 0 radical (unpaired) electrons. The molecule has 1 aromatic carbocycles. The van der Waals surface area contributed by atoms with Crippen LogP contribution in [0.5, 0.6) is 0 Å². The predicted octanol–water partition coefficient (Wildman–Crippen LogP) is 2.87. The summed E-state index contributed by atoms with van der Waals surface area (Å²) in [6.45, 7) is 2.95. The van der Waals surface area contributed by atoms with Crippen LogP contribution in [0.1, 0.15) is 30.1 Å². The first-order chi connectivity index (χ1) is 7.83. The van der Waals surface area contributed by atoms with Crippen molar-refractivity contribution in [2.24, 2.45) is 0 Å². The van der Waals surface area contributed by atoms with Crippen LogP contribution in [-0.4, -0.2) is 23.4 Å². The third-order valence-corrected chi connectivity index (χ3v) is 3.00. The maximum atomic E-state index is 12.3. The van der Waals surface area contributed by atoms with E-state index in [2.05, 4.69) is 19.1 Å². The molecule has 1 amide bonds. The van der Waals surface area contributed by atoms with Gasteiger partial charge in [-0.15, -0.1) is 0 Å². The summed E-state index contributed by atoms with van der Waals surface area (Å²) >= 11 is 0. The number of benzene rings is 1. The Morgan fingerprint density at radius 1 is 1.38 bits per heavy atom. The van der Waals surface area contributed by atoms with Gasteiger partial charge in [-0.1, -0.05) is 37.3 Å². The molecule has 84 valence electrons. The van der Waals surface area contributed by atoms with E-state index in [1.807, 2.05) is 35.2 Å². The van der Waals surface area contributed by atoms with Gasteiger partial charge in [0.15, 0.2) is 0 Å². The molecule has 1 aliphatic rings. The van der Waals surface area contributed by atoms with Crippen molar-refractivity contribution < 1.29 is 4.79 Å². The Morgan fingerprint density at radius 2 is 2.12 bits per heavy atom. The van der Waals surface area contributed by atoms with Crippen molar-refractivity contribution in [2.75, 3.05) is 6.54 Å². The fourth-order valence-corrected chi connectivity index (χ4v) is 2.09. The Morgan fingerprint density at radius 3 is 2.81 bits per heavy atom. The molecular formula is C14H17NO. The Kier molecular flexibility index (Phi) is 3.40. The Labute approximate surface area is 96.6 Å². The van der Waals surface area contributed by atoms with Crippen molar-refractivity contribution in [2.45, 2.75) is 25.8 Å². The van der Waals surface area contributed by atoms with Gasteiger partial charge in [-0.25, -0.2) is 0 Å². The van der Waals surface area contributed by atoms with Gasteiger partial charge in [-0.2, -0.15) is 0 Å². The van der Waals surface area contributed by atoms with Crippen molar-refractivity contribution in [3.63, 3.8) is 0 Å². The second-order valence-corrected chi connectivity index (χ2v) is 4.06. The molecule has 0 saturated heterocycles. The van der Waals surface area contributed by atoms with Crippen molar-refractivity contribution in [3.8, 4) is 0 Å². The first-order valence-corrected chi connectivity index (χ1v) is 5.85. The molecule has 0 spiro atoms. The molecule has 16 heavy (non-hydrogen) atoms. The van der Waals surface area contributed by atoms with Crippen LogP contribution >= 0.6 is 0 Å². The van der Waals surface area contributed by atoms with Gasteiger partial charge in [-0.3, -0.25) is 4.79 Å². The number of hydrogen-bond acceptors (Lipinski definition) is 1. The van der Waals surface area contributed by atoms with E-state index in [1.165, 1.54) is 0 Å². The molecule has 0 aliphatic carbocycles. The van der Waals surface area contributed by atoms with E-state index < -0.39 is 0 Å². The lowest BCUT2D eigenvalue weighted by atomic mass is 10.1. The van der Waals surface area contributed by atoms with Crippen molar-refractivity contribution in [1.29, 1.82) is 0 Å². The first kappa shape index (κ1) is 10.9. The van der Waals surface area contributed by atoms with Crippen LogP contribution in [0.25, 0.3) is 0 Å². The SMILES string of the molecule is CCC1C=CCCN1C(=O)c1ccccc1. The third kappa shape index (κ3) is 2.16. The minimum atomic E-state index is 0.150. The highest BCUT2D eigenvalue weighted by molar-refractivity contribution is 5.94. The maximum absolute atomic E-state index is 12.3. The fraction of sp³-hybridized carbons (Fsp3) is 0.357. The van der Waals surface area contributed by atoms with Gasteiger partial charge in [0.05, 0.1) is 6.04 Å². The van der Waals surface area contributed by atoms with Crippen LogP contribution in [0.15, 0.2) is 42.5 Å². The summed E-state index contributed by atoms with van der Waals surface area (Å²) in [5.74, 6) is 0.150. The van der Waals surface area contributed by atoms with E-state index >= 15 is 0 Å². The molecule has 1 aliphatic heterocycles. The van der Waals surface area contributed by atoms with E-state index in [9.17, 15) is 4.79 Å². The highest BCUT2D eigenvalue weighted by atomic mass is 16.2. The molecule has 2 rings (SSSR count). The van der Waals surface area contributed by atoms with Gasteiger partial charge in [0.2, 0.25) is 0 Å². The number of carbonyl (C=O) groups excluding carboxylic acids is 1. The maximum Gasteiger partial charge on any atom is 0.254 e. The Balaban J connectivity index is 2.18. The molecular weight excluding hydrogens is 198 g/mol. The number of nitrogens with zero attached hydrogens (tertiary/aromatic N) is 1. The average Bonchev–Trinajstić information content (AvgIpc) is 2.39. The number of amides is 1. The van der Waals surface area contributed by atoms with Gasteiger partial charge in [0.1, 0.15) is 0 Å². The lowest BCUT2D eigenvalue weighted by Crippen LogP contribution is -2.41. The lowest BCUT2D eigenvalue weighted by Gasteiger charge is -2.31. The van der Waals surface area contributed by atoms with Gasteiger partial charge < -0.3 is 4.90 Å². The zero-order valence-corrected chi connectivity index (χ0v) is 9.60. The van der Waals surface area contributed by atoms with Gasteiger partial charge >= 0.3 is 0 Å². The largest absolute Gasteiger partial charge is 0.332 e. The normalized spacial score (nSPS) is 19.8. The minimum absolute atomic E-state index is 0.150. The first-order valence-electron chi connectivity index (χ1n) is 5.85. The molecule has 1 unspecified atom stereocenters. The van der Waals surface area contributed by atoms with Gasteiger partial charge in [0.25, 0.3) is 5.91 Å². The Bertz CT molecular complexity index is 383. The number of hydrogen-bond donors (Lipinski definition) is 0. The quantitative estimate of drug-likeness (QED) is 0.695. The van der Waals surface area contributed by atoms with Crippen molar-refractivity contribution >= 4 is 5.91 Å². The van der Waals surface area contributed by atoms with Crippen LogP contribution in [0.2, 0.25) is 0 Å². The standard InChI is InChI=1S/C14H17NO/c1-2-13-10-6-7-11-15(13)14(16)12-8-4-3-5-9-12/h3-6,8-10,13H,2,7,11H2,1H3. The monoisotopic (exact) mass is 215 g/mol. The highest BCUT2D eigenvalue weighted by Gasteiger charge is 2.22. The summed E-state index contributed by atoms with van der Waals surface area (Å²) in [5.41, 5.74) is 0.788. The molecule has 1 heterocycles. The van der Waals surface area contributed by atoms with E-state index in [4.69, 9.17) is 0 Å². The van der Waals surface area contributed by atoms with Crippen LogP contribution in [0.4, 0.5) is 0 Å². The minimum Gasteiger partial charge on any atom is -0.332 e. The molecule has 2 nitrogen and oxygen atoms in total. The van der Waals surface area contributed by atoms with E-state index in [1.54, 1.807) is 0 Å². The fourth-order valence-electron chi connectivity index (χ4n) is 2.09. The topological polar surface area (TPSA) is 20.3 Å². The molecule has 0 bridgehead atoms. The number of rotatable bonds is 2. The smallest absolute Gasteiger partial charge is 0.254 e. The lowest BCUT2D eigenvalue weighted by molar-refractivity contribution is 0.0703. The average molecular weight is 215 g/mol. The van der Waals surface area contributed by atoms with Crippen molar-refractivity contribution in [1.82, 2.24) is 4.90 Å². The van der Waals surface area contributed by atoms with E-state index in [0.29, 0.717) is 0 Å². The molecule has 1 atom stereocenters. The second kappa shape index (κ2) is 4.97. The van der Waals surface area contributed by atoms with E-state index in [-0.39, 0.29) is 11.9 Å². The molecule has 2 heteroatoms. The zero-order valence-electron chi connectivity index (χ0n) is 9.60. The van der Waals surface area contributed by atoms with Crippen LogP contribution < -0.4 is 0 Å². The zero-order chi connectivity index (χ0) is 11.4. The molecule has 0 fully saturated rings. The van der Waals surface area contributed by atoms with Gasteiger partial charge in [-0.05, 0) is 25.0 Å². The van der Waals surface area contributed by atoms with E-state index in [0.717, 1.165) is 24.9 Å². The van der Waals surface area contributed by atoms with Crippen LogP contribution in [0.3, 0.4) is 0 Å². The summed E-state index contributed by atoms with van der Waals surface area (Å²) in [4.78, 5) is 14.2. The van der Waals surface area contributed by atoms with Crippen LogP contribution in [-0.2, 0) is 0 Å². The summed E-state index contributed by atoms with van der Waals surface area (Å²) in [6.07, 6.45) is 6.26.